The SMILES string of the molecule is C=CCn1cccc(Cl)c1=O. The molecule has 0 unspecified atom stereocenters. The van der Waals surface area contributed by atoms with Crippen LogP contribution < -0.4 is 5.56 Å². The van der Waals surface area contributed by atoms with Gasteiger partial charge in [-0.2, -0.15) is 0 Å². The molecule has 0 saturated heterocycles. The number of nitrogens with zero attached hydrogens (tertiary/aromatic N) is 1. The zero-order chi connectivity index (χ0) is 8.27. The topological polar surface area (TPSA) is 22.0 Å². The fourth-order valence-electron chi connectivity index (χ4n) is 0.790. The maximum absolute atomic E-state index is 11.1. The first kappa shape index (κ1) is 8.08. The molecule has 0 aliphatic carbocycles. The summed E-state index contributed by atoms with van der Waals surface area (Å²) in [4.78, 5) is 11.1. The highest BCUT2D eigenvalue weighted by atomic mass is 35.5. The van der Waals surface area contributed by atoms with Crippen molar-refractivity contribution in [3.63, 3.8) is 0 Å². The molecule has 0 aliphatic heterocycles. The number of hydrogen-bond acceptors (Lipinski definition) is 1. The van der Waals surface area contributed by atoms with Crippen molar-refractivity contribution in [1.82, 2.24) is 4.57 Å². The molecule has 3 heteroatoms. The predicted molar refractivity (Wildman–Crippen MR) is 45.9 cm³/mol. The van der Waals surface area contributed by atoms with Crippen molar-refractivity contribution in [2.75, 3.05) is 0 Å². The summed E-state index contributed by atoms with van der Waals surface area (Å²) >= 11 is 5.58. The van der Waals surface area contributed by atoms with Gasteiger partial charge in [-0.15, -0.1) is 6.58 Å². The van der Waals surface area contributed by atoms with Crippen LogP contribution in [0, 0.1) is 0 Å². The minimum absolute atomic E-state index is 0.172. The molecule has 0 amide bonds. The fourth-order valence-corrected chi connectivity index (χ4v) is 0.972. The molecule has 1 heterocycles. The van der Waals surface area contributed by atoms with Crippen molar-refractivity contribution in [1.29, 1.82) is 0 Å². The molecule has 0 fully saturated rings. The molecule has 11 heavy (non-hydrogen) atoms. The minimum atomic E-state index is -0.172. The van der Waals surface area contributed by atoms with E-state index in [1.54, 1.807) is 24.4 Å². The Labute approximate surface area is 69.7 Å². The number of hydrogen-bond donors (Lipinski definition) is 0. The maximum atomic E-state index is 11.1. The van der Waals surface area contributed by atoms with E-state index in [9.17, 15) is 4.79 Å². The largest absolute Gasteiger partial charge is 0.310 e. The third kappa shape index (κ3) is 1.71. The van der Waals surface area contributed by atoms with E-state index in [-0.39, 0.29) is 10.6 Å². The van der Waals surface area contributed by atoms with E-state index in [2.05, 4.69) is 6.58 Å². The Morgan fingerprint density at radius 2 is 2.45 bits per heavy atom. The summed E-state index contributed by atoms with van der Waals surface area (Å²) in [7, 11) is 0. The number of allylic oxidation sites excluding steroid dienone is 1. The van der Waals surface area contributed by atoms with E-state index >= 15 is 0 Å². The summed E-state index contributed by atoms with van der Waals surface area (Å²) in [5.41, 5.74) is -0.172. The van der Waals surface area contributed by atoms with Crippen LogP contribution >= 0.6 is 11.6 Å². The summed E-state index contributed by atoms with van der Waals surface area (Å²) in [5, 5.41) is 0.245. The van der Waals surface area contributed by atoms with Crippen molar-refractivity contribution in [3.05, 3.63) is 46.4 Å². The summed E-state index contributed by atoms with van der Waals surface area (Å²) in [6, 6.07) is 3.30. The van der Waals surface area contributed by atoms with Gasteiger partial charge in [0.05, 0.1) is 0 Å². The Morgan fingerprint density at radius 1 is 1.73 bits per heavy atom. The third-order valence-electron chi connectivity index (χ3n) is 1.30. The molecule has 0 bridgehead atoms. The first-order chi connectivity index (χ1) is 5.25. The van der Waals surface area contributed by atoms with E-state index in [0.717, 1.165) is 0 Å². The van der Waals surface area contributed by atoms with E-state index in [1.807, 2.05) is 0 Å². The second-order valence-corrected chi connectivity index (χ2v) is 2.51. The molecule has 0 spiro atoms. The van der Waals surface area contributed by atoms with Crippen molar-refractivity contribution >= 4 is 11.6 Å². The van der Waals surface area contributed by atoms with E-state index in [1.165, 1.54) is 4.57 Å². The van der Waals surface area contributed by atoms with Crippen LogP contribution in [-0.2, 0) is 6.54 Å². The number of aromatic nitrogens is 1. The second-order valence-electron chi connectivity index (χ2n) is 2.10. The number of rotatable bonds is 2. The monoisotopic (exact) mass is 169 g/mol. The molecule has 0 radical (unpaired) electrons. The van der Waals surface area contributed by atoms with Gasteiger partial charge in [0.25, 0.3) is 5.56 Å². The average molecular weight is 170 g/mol. The summed E-state index contributed by atoms with van der Waals surface area (Å²) in [5.74, 6) is 0. The molecule has 0 aromatic carbocycles. The molecule has 0 aliphatic rings. The lowest BCUT2D eigenvalue weighted by atomic mass is 10.4. The maximum Gasteiger partial charge on any atom is 0.269 e. The van der Waals surface area contributed by atoms with Crippen LogP contribution in [0.15, 0.2) is 35.8 Å². The fraction of sp³-hybridized carbons (Fsp3) is 0.125. The van der Waals surface area contributed by atoms with Gasteiger partial charge in [0.2, 0.25) is 0 Å². The van der Waals surface area contributed by atoms with Gasteiger partial charge < -0.3 is 4.57 Å². The zero-order valence-corrected chi connectivity index (χ0v) is 6.71. The lowest BCUT2D eigenvalue weighted by Gasteiger charge is -1.99. The molecule has 0 N–H and O–H groups in total. The van der Waals surface area contributed by atoms with Gasteiger partial charge in [0.15, 0.2) is 0 Å². The molecule has 0 atom stereocenters. The third-order valence-corrected chi connectivity index (χ3v) is 1.59. The highest BCUT2D eigenvalue weighted by molar-refractivity contribution is 6.30. The molecule has 1 aromatic heterocycles. The molecule has 2 nitrogen and oxygen atoms in total. The lowest BCUT2D eigenvalue weighted by molar-refractivity contribution is 0.781. The van der Waals surface area contributed by atoms with Crippen molar-refractivity contribution in [2.24, 2.45) is 0 Å². The summed E-state index contributed by atoms with van der Waals surface area (Å²) in [6.45, 7) is 4.02. The highest BCUT2D eigenvalue weighted by Crippen LogP contribution is 1.98. The van der Waals surface area contributed by atoms with Crippen LogP contribution in [0.3, 0.4) is 0 Å². The van der Waals surface area contributed by atoms with Crippen molar-refractivity contribution in [2.45, 2.75) is 6.54 Å². The standard InChI is InChI=1S/C8H8ClNO/c1-2-5-10-6-3-4-7(9)8(10)11/h2-4,6H,1,5H2. The molecule has 58 valence electrons. The van der Waals surface area contributed by atoms with Gasteiger partial charge in [-0.05, 0) is 12.1 Å². The smallest absolute Gasteiger partial charge is 0.269 e. The number of pyridine rings is 1. The molecule has 0 saturated carbocycles. The summed E-state index contributed by atoms with van der Waals surface area (Å²) in [6.07, 6.45) is 3.33. The van der Waals surface area contributed by atoms with Gasteiger partial charge >= 0.3 is 0 Å². The Balaban J connectivity index is 3.16. The average Bonchev–Trinajstić information content (AvgIpc) is 1.99. The van der Waals surface area contributed by atoms with Crippen LogP contribution in [0.5, 0.6) is 0 Å². The normalized spacial score (nSPS) is 9.55. The number of halogens is 1. The van der Waals surface area contributed by atoms with Crippen LogP contribution in [0.2, 0.25) is 5.02 Å². The highest BCUT2D eigenvalue weighted by Gasteiger charge is 1.96. The molecule has 1 aromatic rings. The first-order valence-electron chi connectivity index (χ1n) is 3.21. The van der Waals surface area contributed by atoms with E-state index in [4.69, 9.17) is 11.6 Å². The Bertz CT molecular complexity index is 316. The van der Waals surface area contributed by atoms with E-state index in [0.29, 0.717) is 6.54 Å². The lowest BCUT2D eigenvalue weighted by Crippen LogP contribution is -2.18. The van der Waals surface area contributed by atoms with Crippen molar-refractivity contribution in [3.8, 4) is 0 Å². The first-order valence-corrected chi connectivity index (χ1v) is 3.59. The van der Waals surface area contributed by atoms with Gasteiger partial charge in [-0.1, -0.05) is 17.7 Å². The second kappa shape index (κ2) is 3.39. The molecule has 1 rings (SSSR count). The van der Waals surface area contributed by atoms with Gasteiger partial charge in [-0.25, -0.2) is 0 Å². The van der Waals surface area contributed by atoms with Crippen LogP contribution in [0.25, 0.3) is 0 Å². The minimum Gasteiger partial charge on any atom is -0.310 e. The van der Waals surface area contributed by atoms with E-state index < -0.39 is 0 Å². The van der Waals surface area contributed by atoms with Crippen LogP contribution in [-0.4, -0.2) is 4.57 Å². The molecular formula is C8H8ClNO. The Hall–Kier alpha value is -1.02. The quantitative estimate of drug-likeness (QED) is 0.618. The predicted octanol–water partition coefficient (Wildman–Crippen LogP) is 1.69. The Kier molecular flexibility index (Phi) is 2.49. The van der Waals surface area contributed by atoms with Crippen molar-refractivity contribution < 1.29 is 0 Å². The summed E-state index contributed by atoms with van der Waals surface area (Å²) < 4.78 is 1.50. The van der Waals surface area contributed by atoms with Gasteiger partial charge in [0.1, 0.15) is 5.02 Å². The van der Waals surface area contributed by atoms with Crippen LogP contribution in [0.4, 0.5) is 0 Å². The van der Waals surface area contributed by atoms with Gasteiger partial charge in [0, 0.05) is 12.7 Å². The zero-order valence-electron chi connectivity index (χ0n) is 5.96. The van der Waals surface area contributed by atoms with Gasteiger partial charge in [-0.3, -0.25) is 4.79 Å². The Morgan fingerprint density at radius 3 is 3.09 bits per heavy atom. The van der Waals surface area contributed by atoms with Crippen LogP contribution in [0.1, 0.15) is 0 Å². The molecular weight excluding hydrogens is 162 g/mol.